The van der Waals surface area contributed by atoms with Crippen molar-refractivity contribution in [2.75, 3.05) is 37.2 Å². The molecule has 0 bridgehead atoms. The molecule has 0 aromatic heterocycles. The minimum absolute atomic E-state index is 0.00204. The van der Waals surface area contributed by atoms with Gasteiger partial charge in [0.1, 0.15) is 0 Å². The summed E-state index contributed by atoms with van der Waals surface area (Å²) in [5.74, 6) is -0.214. The summed E-state index contributed by atoms with van der Waals surface area (Å²) in [6.45, 7) is 3.74. The molecule has 7 nitrogen and oxygen atoms in total. The van der Waals surface area contributed by atoms with Gasteiger partial charge in [0.05, 0.1) is 11.7 Å². The van der Waals surface area contributed by atoms with Crippen LogP contribution in [0.2, 0.25) is 0 Å². The Hall–Kier alpha value is -1.93. The molecule has 1 aromatic carbocycles. The van der Waals surface area contributed by atoms with Gasteiger partial charge in [0, 0.05) is 37.8 Å². The van der Waals surface area contributed by atoms with Gasteiger partial charge in [-0.15, -0.1) is 0 Å². The number of hydrogen-bond acceptors (Lipinski definition) is 4. The number of anilines is 1. The second-order valence-corrected chi connectivity index (χ2v) is 10.1. The lowest BCUT2D eigenvalue weighted by Gasteiger charge is -2.37. The van der Waals surface area contributed by atoms with E-state index in [4.69, 9.17) is 0 Å². The molecule has 0 radical (unpaired) electrons. The zero-order valence-electron chi connectivity index (χ0n) is 17.0. The molecule has 1 atom stereocenters. The van der Waals surface area contributed by atoms with Gasteiger partial charge in [-0.3, -0.25) is 9.59 Å². The first-order valence-corrected chi connectivity index (χ1v) is 12.1. The Kier molecular flexibility index (Phi) is 7.29. The van der Waals surface area contributed by atoms with Crippen molar-refractivity contribution < 1.29 is 18.0 Å². The molecule has 2 aliphatic heterocycles. The summed E-state index contributed by atoms with van der Waals surface area (Å²) < 4.78 is 26.2. The molecule has 3 rings (SSSR count). The molecule has 1 aromatic rings. The number of benzene rings is 1. The summed E-state index contributed by atoms with van der Waals surface area (Å²) in [7, 11) is -3.27. The van der Waals surface area contributed by atoms with Gasteiger partial charge >= 0.3 is 0 Å². The summed E-state index contributed by atoms with van der Waals surface area (Å²) in [6.07, 6.45) is 3.29. The first-order chi connectivity index (χ1) is 13.9. The van der Waals surface area contributed by atoms with Crippen LogP contribution in [0.5, 0.6) is 0 Å². The Bertz CT molecular complexity index is 804. The number of rotatable bonds is 6. The highest BCUT2D eigenvalue weighted by atomic mass is 32.2. The van der Waals surface area contributed by atoms with Gasteiger partial charge in [0.15, 0.2) is 0 Å². The van der Waals surface area contributed by atoms with Crippen LogP contribution in [0.1, 0.15) is 39.0 Å². The molecule has 8 heteroatoms. The molecule has 1 unspecified atom stereocenters. The van der Waals surface area contributed by atoms with Crippen molar-refractivity contribution in [3.63, 3.8) is 0 Å². The number of carbonyl (C=O) groups is 2. The zero-order chi connectivity index (χ0) is 20.9. The number of amides is 2. The van der Waals surface area contributed by atoms with Crippen molar-refractivity contribution >= 4 is 27.5 Å². The Morgan fingerprint density at radius 3 is 2.38 bits per heavy atom. The van der Waals surface area contributed by atoms with Gasteiger partial charge in [0.25, 0.3) is 0 Å². The van der Waals surface area contributed by atoms with Crippen molar-refractivity contribution in [2.45, 2.75) is 39.0 Å². The molecule has 2 amide bonds. The van der Waals surface area contributed by atoms with E-state index in [2.05, 4.69) is 5.32 Å². The Morgan fingerprint density at radius 1 is 1.03 bits per heavy atom. The smallest absolute Gasteiger partial charge is 0.227 e. The highest BCUT2D eigenvalue weighted by molar-refractivity contribution is 7.89. The van der Waals surface area contributed by atoms with Crippen molar-refractivity contribution in [3.05, 3.63) is 30.3 Å². The van der Waals surface area contributed by atoms with Crippen LogP contribution in [-0.4, -0.2) is 61.4 Å². The Labute approximate surface area is 173 Å². The van der Waals surface area contributed by atoms with Gasteiger partial charge in [-0.05, 0) is 44.2 Å². The van der Waals surface area contributed by atoms with Crippen LogP contribution in [-0.2, 0) is 19.6 Å². The fraction of sp³-hybridized carbons (Fsp3) is 0.619. The monoisotopic (exact) mass is 421 g/mol. The lowest BCUT2D eigenvalue weighted by atomic mass is 9.93. The fourth-order valence-electron chi connectivity index (χ4n) is 4.17. The largest absolute Gasteiger partial charge is 0.342 e. The summed E-state index contributed by atoms with van der Waals surface area (Å²) in [5.41, 5.74) is 0.784. The average molecular weight is 422 g/mol. The van der Waals surface area contributed by atoms with Crippen LogP contribution in [0, 0.1) is 11.8 Å². The molecule has 29 heavy (non-hydrogen) atoms. The molecule has 160 valence electrons. The van der Waals surface area contributed by atoms with Crippen LogP contribution >= 0.6 is 0 Å². The number of hydrogen-bond donors (Lipinski definition) is 1. The van der Waals surface area contributed by atoms with E-state index in [0.717, 1.165) is 18.5 Å². The molecule has 2 fully saturated rings. The maximum atomic E-state index is 13.0. The van der Waals surface area contributed by atoms with Gasteiger partial charge in [-0.2, -0.15) is 0 Å². The quantitative estimate of drug-likeness (QED) is 0.764. The minimum atomic E-state index is -3.27. The first-order valence-electron chi connectivity index (χ1n) is 10.5. The number of para-hydroxylation sites is 1. The first kappa shape index (κ1) is 21.8. The Balaban J connectivity index is 1.51. The fourth-order valence-corrected chi connectivity index (χ4v) is 5.76. The molecular weight excluding hydrogens is 390 g/mol. The second-order valence-electron chi connectivity index (χ2n) is 7.97. The summed E-state index contributed by atoms with van der Waals surface area (Å²) in [4.78, 5) is 27.2. The molecule has 1 N–H and O–H groups in total. The van der Waals surface area contributed by atoms with Crippen molar-refractivity contribution in [1.82, 2.24) is 9.21 Å². The minimum Gasteiger partial charge on any atom is -0.342 e. The van der Waals surface area contributed by atoms with Crippen molar-refractivity contribution in [3.8, 4) is 0 Å². The average Bonchev–Trinajstić information content (AvgIpc) is 2.74. The third-order valence-electron chi connectivity index (χ3n) is 5.81. The molecular formula is C21H31N3O4S. The van der Waals surface area contributed by atoms with E-state index in [0.29, 0.717) is 38.9 Å². The standard InChI is InChI=1S/C21H31N3O4S/c1-2-15-29(27,28)24-12-6-7-18(16-24)21(26)23-13-10-17(11-14-23)20(25)22-19-8-4-3-5-9-19/h3-5,8-9,17-18H,2,6-7,10-16H2,1H3,(H,22,25). The zero-order valence-corrected chi connectivity index (χ0v) is 17.9. The molecule has 2 heterocycles. The number of likely N-dealkylation sites (tertiary alicyclic amines) is 1. The molecule has 0 saturated carbocycles. The van der Waals surface area contributed by atoms with Crippen LogP contribution in [0.25, 0.3) is 0 Å². The van der Waals surface area contributed by atoms with E-state index in [1.807, 2.05) is 42.2 Å². The normalized spacial score (nSPS) is 21.7. The van der Waals surface area contributed by atoms with Crippen molar-refractivity contribution in [1.29, 1.82) is 0 Å². The summed E-state index contributed by atoms with van der Waals surface area (Å²) in [6, 6.07) is 9.38. The van der Waals surface area contributed by atoms with Crippen LogP contribution in [0.4, 0.5) is 5.69 Å². The third kappa shape index (κ3) is 5.57. The van der Waals surface area contributed by atoms with E-state index >= 15 is 0 Å². The molecule has 2 saturated heterocycles. The van der Waals surface area contributed by atoms with E-state index in [-0.39, 0.29) is 35.9 Å². The van der Waals surface area contributed by atoms with E-state index in [9.17, 15) is 18.0 Å². The number of carbonyl (C=O) groups excluding carboxylic acids is 2. The lowest BCUT2D eigenvalue weighted by Crippen LogP contribution is -2.49. The summed E-state index contributed by atoms with van der Waals surface area (Å²) in [5, 5.41) is 2.94. The van der Waals surface area contributed by atoms with E-state index in [1.54, 1.807) is 0 Å². The highest BCUT2D eigenvalue weighted by Crippen LogP contribution is 2.25. The maximum absolute atomic E-state index is 13.0. The molecule has 0 spiro atoms. The number of nitrogens with one attached hydrogen (secondary N) is 1. The van der Waals surface area contributed by atoms with Gasteiger partial charge < -0.3 is 10.2 Å². The Morgan fingerprint density at radius 2 is 1.72 bits per heavy atom. The predicted octanol–water partition coefficient (Wildman–Crippen LogP) is 2.32. The SMILES string of the molecule is CCCS(=O)(=O)N1CCCC(C(=O)N2CCC(C(=O)Nc3ccccc3)CC2)C1. The number of sulfonamides is 1. The maximum Gasteiger partial charge on any atom is 0.227 e. The third-order valence-corrected chi connectivity index (χ3v) is 7.85. The summed E-state index contributed by atoms with van der Waals surface area (Å²) >= 11 is 0. The van der Waals surface area contributed by atoms with E-state index in [1.165, 1.54) is 4.31 Å². The number of piperidine rings is 2. The lowest BCUT2D eigenvalue weighted by molar-refractivity contribution is -0.139. The molecule has 0 aliphatic carbocycles. The van der Waals surface area contributed by atoms with Gasteiger partial charge in [0.2, 0.25) is 21.8 Å². The topological polar surface area (TPSA) is 86.8 Å². The van der Waals surface area contributed by atoms with Crippen molar-refractivity contribution in [2.24, 2.45) is 11.8 Å². The highest BCUT2D eigenvalue weighted by Gasteiger charge is 2.35. The van der Waals surface area contributed by atoms with Crippen LogP contribution in [0.15, 0.2) is 30.3 Å². The molecule has 2 aliphatic rings. The predicted molar refractivity (Wildman–Crippen MR) is 113 cm³/mol. The second kappa shape index (κ2) is 9.71. The number of nitrogens with zero attached hydrogens (tertiary/aromatic N) is 2. The van der Waals surface area contributed by atoms with Gasteiger partial charge in [-0.1, -0.05) is 25.1 Å². The van der Waals surface area contributed by atoms with Gasteiger partial charge in [-0.25, -0.2) is 12.7 Å². The van der Waals surface area contributed by atoms with Crippen LogP contribution in [0.3, 0.4) is 0 Å². The van der Waals surface area contributed by atoms with E-state index < -0.39 is 10.0 Å². The van der Waals surface area contributed by atoms with Crippen LogP contribution < -0.4 is 5.32 Å².